The third-order valence-corrected chi connectivity index (χ3v) is 10.4. The van der Waals surface area contributed by atoms with Crippen molar-refractivity contribution < 1.29 is 49.0 Å². The molecular formula is C48H84O10. The van der Waals surface area contributed by atoms with Crippen LogP contribution < -0.4 is 0 Å². The molecule has 0 saturated carbocycles. The summed E-state index contributed by atoms with van der Waals surface area (Å²) in [4.78, 5) is 25.3. The molecule has 1 aliphatic heterocycles. The molecule has 0 aromatic heterocycles. The molecule has 4 N–H and O–H groups in total. The Bertz CT molecular complexity index is 1090. The van der Waals surface area contributed by atoms with Gasteiger partial charge in [-0.2, -0.15) is 0 Å². The fraction of sp³-hybridized carbons (Fsp3) is 0.792. The highest BCUT2D eigenvalue weighted by Gasteiger charge is 2.44. The van der Waals surface area contributed by atoms with Crippen LogP contribution in [0.15, 0.2) is 48.6 Å². The predicted molar refractivity (Wildman–Crippen MR) is 233 cm³/mol. The largest absolute Gasteiger partial charge is 0.462 e. The van der Waals surface area contributed by atoms with Crippen molar-refractivity contribution in [1.29, 1.82) is 0 Å². The molecule has 0 aromatic carbocycles. The Balaban J connectivity index is 2.33. The van der Waals surface area contributed by atoms with Gasteiger partial charge < -0.3 is 39.4 Å². The lowest BCUT2D eigenvalue weighted by Gasteiger charge is -2.39. The van der Waals surface area contributed by atoms with Gasteiger partial charge in [-0.25, -0.2) is 0 Å². The summed E-state index contributed by atoms with van der Waals surface area (Å²) in [7, 11) is 0. The van der Waals surface area contributed by atoms with Crippen LogP contribution in [0, 0.1) is 0 Å². The Kier molecular flexibility index (Phi) is 35.9. The van der Waals surface area contributed by atoms with E-state index in [1.54, 1.807) is 0 Å². The summed E-state index contributed by atoms with van der Waals surface area (Å²) in [5.74, 6) is -0.831. The zero-order chi connectivity index (χ0) is 42.3. The molecular weight excluding hydrogens is 737 g/mol. The molecule has 336 valence electrons. The lowest BCUT2D eigenvalue weighted by atomic mass is 9.99. The molecule has 1 rings (SSSR count). The first kappa shape index (κ1) is 53.7. The zero-order valence-corrected chi connectivity index (χ0v) is 36.5. The van der Waals surface area contributed by atoms with Crippen LogP contribution in [0.3, 0.4) is 0 Å². The number of aliphatic hydroxyl groups excluding tert-OH is 4. The average molecular weight is 821 g/mol. The van der Waals surface area contributed by atoms with E-state index in [1.807, 2.05) is 0 Å². The highest BCUT2D eigenvalue weighted by molar-refractivity contribution is 5.70. The van der Waals surface area contributed by atoms with Crippen molar-refractivity contribution in [1.82, 2.24) is 0 Å². The van der Waals surface area contributed by atoms with Crippen LogP contribution >= 0.6 is 0 Å². The van der Waals surface area contributed by atoms with Gasteiger partial charge >= 0.3 is 11.9 Å². The maximum absolute atomic E-state index is 12.8. The van der Waals surface area contributed by atoms with Gasteiger partial charge in [0, 0.05) is 12.8 Å². The van der Waals surface area contributed by atoms with Crippen LogP contribution in [0.4, 0.5) is 0 Å². The number of esters is 2. The summed E-state index contributed by atoms with van der Waals surface area (Å²) >= 11 is 0. The lowest BCUT2D eigenvalue weighted by molar-refractivity contribution is -0.305. The van der Waals surface area contributed by atoms with Crippen LogP contribution in [-0.4, -0.2) is 89.0 Å². The first-order valence-corrected chi connectivity index (χ1v) is 23.2. The van der Waals surface area contributed by atoms with Gasteiger partial charge in [-0.3, -0.25) is 9.59 Å². The molecule has 0 aromatic rings. The third-order valence-electron chi connectivity index (χ3n) is 10.4. The molecule has 0 radical (unpaired) electrons. The number of carbonyl (C=O) groups is 2. The second-order valence-corrected chi connectivity index (χ2v) is 15.8. The lowest BCUT2D eigenvalue weighted by Crippen LogP contribution is -2.59. The van der Waals surface area contributed by atoms with E-state index in [0.717, 1.165) is 83.5 Å². The molecule has 1 saturated heterocycles. The summed E-state index contributed by atoms with van der Waals surface area (Å²) in [5, 5.41) is 40.1. The Morgan fingerprint density at radius 3 is 1.50 bits per heavy atom. The molecule has 0 aliphatic carbocycles. The van der Waals surface area contributed by atoms with E-state index in [2.05, 4.69) is 62.5 Å². The molecule has 6 unspecified atom stereocenters. The smallest absolute Gasteiger partial charge is 0.306 e. The first-order chi connectivity index (χ1) is 28.3. The second-order valence-electron chi connectivity index (χ2n) is 15.8. The van der Waals surface area contributed by atoms with Gasteiger partial charge in [-0.15, -0.1) is 0 Å². The molecule has 1 fully saturated rings. The standard InChI is InChI=1S/C48H84O10/c1-3-5-7-9-11-13-15-17-19-20-21-22-23-25-27-29-31-33-35-37-44(51)57-41(40-56-48-47(54)46(53)45(52)42(38-49)58-48)39-55-43(50)36-34-32-30-28-26-24-18-16-14-12-10-8-6-4-2/h11,13,16-19,21-22,41-42,45-49,52-54H,3-10,12,14-15,20,23-40H2,1-2H3/b13-11-,18-16-,19-17-,22-21-. The topological polar surface area (TPSA) is 152 Å². The highest BCUT2D eigenvalue weighted by atomic mass is 16.7. The highest BCUT2D eigenvalue weighted by Crippen LogP contribution is 2.22. The molecule has 0 bridgehead atoms. The van der Waals surface area contributed by atoms with Gasteiger partial charge in [0.05, 0.1) is 13.2 Å². The van der Waals surface area contributed by atoms with Gasteiger partial charge in [0.15, 0.2) is 12.4 Å². The van der Waals surface area contributed by atoms with Crippen LogP contribution in [0.2, 0.25) is 0 Å². The normalized spacial score (nSPS) is 20.6. The number of ether oxygens (including phenoxy) is 4. The number of unbranched alkanes of at least 4 members (excludes halogenated alkanes) is 19. The summed E-state index contributed by atoms with van der Waals surface area (Å²) in [6.07, 6.45) is 38.2. The van der Waals surface area contributed by atoms with E-state index >= 15 is 0 Å². The van der Waals surface area contributed by atoms with Crippen molar-refractivity contribution in [2.24, 2.45) is 0 Å². The Labute approximate surface area is 352 Å². The first-order valence-electron chi connectivity index (χ1n) is 23.2. The van der Waals surface area contributed by atoms with E-state index in [1.165, 1.54) is 64.2 Å². The van der Waals surface area contributed by atoms with E-state index in [-0.39, 0.29) is 32.0 Å². The number of aliphatic hydroxyl groups is 4. The fourth-order valence-corrected chi connectivity index (χ4v) is 6.72. The molecule has 10 heteroatoms. The van der Waals surface area contributed by atoms with Gasteiger partial charge in [-0.1, -0.05) is 146 Å². The van der Waals surface area contributed by atoms with Gasteiger partial charge in [-0.05, 0) is 77.0 Å². The molecule has 0 amide bonds. The van der Waals surface area contributed by atoms with Crippen molar-refractivity contribution in [3.05, 3.63) is 48.6 Å². The van der Waals surface area contributed by atoms with Crippen LogP contribution in [-0.2, 0) is 28.5 Å². The Hall–Kier alpha value is -2.34. The Morgan fingerprint density at radius 1 is 0.534 bits per heavy atom. The van der Waals surface area contributed by atoms with E-state index in [9.17, 15) is 30.0 Å². The fourth-order valence-electron chi connectivity index (χ4n) is 6.72. The van der Waals surface area contributed by atoms with Crippen LogP contribution in [0.25, 0.3) is 0 Å². The minimum absolute atomic E-state index is 0.213. The maximum Gasteiger partial charge on any atom is 0.306 e. The second kappa shape index (κ2) is 38.8. The summed E-state index contributed by atoms with van der Waals surface area (Å²) in [6, 6.07) is 0. The van der Waals surface area contributed by atoms with Crippen molar-refractivity contribution >= 4 is 11.9 Å². The quantitative estimate of drug-likeness (QED) is 0.0269. The van der Waals surface area contributed by atoms with Crippen molar-refractivity contribution in [2.75, 3.05) is 19.8 Å². The van der Waals surface area contributed by atoms with Crippen molar-refractivity contribution in [3.63, 3.8) is 0 Å². The van der Waals surface area contributed by atoms with Crippen LogP contribution in [0.5, 0.6) is 0 Å². The summed E-state index contributed by atoms with van der Waals surface area (Å²) < 4.78 is 22.2. The summed E-state index contributed by atoms with van der Waals surface area (Å²) in [5.41, 5.74) is 0. The minimum atomic E-state index is -1.60. The predicted octanol–water partition coefficient (Wildman–Crippen LogP) is 10.1. The monoisotopic (exact) mass is 821 g/mol. The molecule has 1 aliphatic rings. The molecule has 0 spiro atoms. The maximum atomic E-state index is 12.8. The van der Waals surface area contributed by atoms with Crippen molar-refractivity contribution in [3.8, 4) is 0 Å². The van der Waals surface area contributed by atoms with E-state index in [4.69, 9.17) is 18.9 Å². The molecule has 10 nitrogen and oxygen atoms in total. The van der Waals surface area contributed by atoms with Crippen LogP contribution in [0.1, 0.15) is 187 Å². The van der Waals surface area contributed by atoms with E-state index < -0.39 is 49.4 Å². The number of hydrogen-bond acceptors (Lipinski definition) is 10. The molecule has 6 atom stereocenters. The zero-order valence-electron chi connectivity index (χ0n) is 36.5. The van der Waals surface area contributed by atoms with Gasteiger partial charge in [0.1, 0.15) is 31.0 Å². The number of allylic oxidation sites excluding steroid dienone is 8. The number of rotatable bonds is 38. The number of hydrogen-bond donors (Lipinski definition) is 4. The average Bonchev–Trinajstić information content (AvgIpc) is 3.22. The van der Waals surface area contributed by atoms with Crippen molar-refractivity contribution in [2.45, 2.75) is 224 Å². The third kappa shape index (κ3) is 29.8. The van der Waals surface area contributed by atoms with E-state index in [0.29, 0.717) is 12.8 Å². The summed E-state index contributed by atoms with van der Waals surface area (Å²) in [6.45, 7) is 3.36. The van der Waals surface area contributed by atoms with Gasteiger partial charge in [0.2, 0.25) is 0 Å². The Morgan fingerprint density at radius 2 is 0.966 bits per heavy atom. The molecule has 1 heterocycles. The molecule has 58 heavy (non-hydrogen) atoms. The van der Waals surface area contributed by atoms with Gasteiger partial charge in [0.25, 0.3) is 0 Å². The SMILES string of the molecule is CCCCC/C=C\C/C=C\C/C=C\CCCCCCCCC(=O)OC(COC(=O)CCCCCCC/C=C\CCCCCCC)COC1OC(CO)C(O)C(O)C1O. The number of carbonyl (C=O) groups excluding carboxylic acids is 2. The minimum Gasteiger partial charge on any atom is -0.462 e.